The number of aliphatic hydroxyl groups is 1. The number of thioether (sulfide) groups is 1. The third kappa shape index (κ3) is 8.46. The maximum Gasteiger partial charge on any atom is 0.471 e. The second kappa shape index (κ2) is 14.7. The summed E-state index contributed by atoms with van der Waals surface area (Å²) in [6.07, 6.45) is -5.50. The number of rotatable bonds is 9. The van der Waals surface area contributed by atoms with Gasteiger partial charge < -0.3 is 30.1 Å². The largest absolute Gasteiger partial charge is 0.471 e. The van der Waals surface area contributed by atoms with Crippen molar-refractivity contribution in [2.75, 3.05) is 22.9 Å². The zero-order valence-electron chi connectivity index (χ0n) is 25.0. The Morgan fingerprint density at radius 2 is 1.70 bits per heavy atom. The number of hydrogen-bond acceptors (Lipinski definition) is 7. The van der Waals surface area contributed by atoms with Gasteiger partial charge in [-0.3, -0.25) is 14.4 Å². The first-order valence-corrected chi connectivity index (χ1v) is 15.8. The van der Waals surface area contributed by atoms with Crippen LogP contribution in [0.1, 0.15) is 55.3 Å². The standard InChI is InChI=1S/C33H34F3N3O6S/c1-20(41)37-24-11-13-27(14-12-24)46-19-26-17-29(22-9-7-21(18-40)8-10-22)45-31(44-26)23-4-2-5-25(16-23)38-30(42)28-6-3-15-39(28)32(43)33(34,35)36/h2,4-5,7-14,16,26,28-29,31,40H,3,6,15,17-19H2,1H3,(H,37,41)(H,38,42). The Kier molecular flexibility index (Phi) is 10.7. The molecule has 2 saturated heterocycles. The van der Waals surface area contributed by atoms with Crippen LogP contribution in [0.15, 0.2) is 77.7 Å². The number of carbonyl (C=O) groups excluding carboxylic acids is 3. The molecule has 0 aliphatic carbocycles. The van der Waals surface area contributed by atoms with E-state index in [-0.39, 0.29) is 37.7 Å². The lowest BCUT2D eigenvalue weighted by Gasteiger charge is -2.36. The first-order chi connectivity index (χ1) is 22.0. The van der Waals surface area contributed by atoms with Gasteiger partial charge in [0.25, 0.3) is 0 Å². The summed E-state index contributed by atoms with van der Waals surface area (Å²) in [4.78, 5) is 37.8. The van der Waals surface area contributed by atoms with Gasteiger partial charge in [0, 0.05) is 47.5 Å². The topological polar surface area (TPSA) is 117 Å². The van der Waals surface area contributed by atoms with Crippen LogP contribution in [-0.2, 0) is 30.5 Å². The van der Waals surface area contributed by atoms with E-state index in [1.807, 2.05) is 48.5 Å². The molecule has 0 saturated carbocycles. The van der Waals surface area contributed by atoms with Gasteiger partial charge in [-0.25, -0.2) is 0 Å². The Bertz CT molecular complexity index is 1540. The van der Waals surface area contributed by atoms with Gasteiger partial charge >= 0.3 is 12.1 Å². The summed E-state index contributed by atoms with van der Waals surface area (Å²) >= 11 is 1.59. The van der Waals surface area contributed by atoms with E-state index in [0.717, 1.165) is 16.0 Å². The molecule has 2 aliphatic heterocycles. The van der Waals surface area contributed by atoms with Crippen LogP contribution < -0.4 is 10.6 Å². The molecule has 3 N–H and O–H groups in total. The highest BCUT2D eigenvalue weighted by Crippen LogP contribution is 2.40. The Morgan fingerprint density at radius 3 is 2.37 bits per heavy atom. The number of alkyl halides is 3. The molecule has 9 nitrogen and oxygen atoms in total. The fraction of sp³-hybridized carbons (Fsp3) is 0.364. The van der Waals surface area contributed by atoms with Crippen LogP contribution in [0.4, 0.5) is 24.5 Å². The highest BCUT2D eigenvalue weighted by molar-refractivity contribution is 7.99. The number of aliphatic hydroxyl groups excluding tert-OH is 1. The normalized spacial score (nSPS) is 21.5. The quantitative estimate of drug-likeness (QED) is 0.243. The maximum atomic E-state index is 13.1. The Hall–Kier alpha value is -3.91. The second-order valence-electron chi connectivity index (χ2n) is 11.1. The molecule has 4 unspecified atom stereocenters. The number of benzene rings is 3. The predicted octanol–water partition coefficient (Wildman–Crippen LogP) is 5.97. The van der Waals surface area contributed by atoms with E-state index >= 15 is 0 Å². The van der Waals surface area contributed by atoms with E-state index in [4.69, 9.17) is 9.47 Å². The number of anilines is 2. The average molecular weight is 658 g/mol. The van der Waals surface area contributed by atoms with E-state index in [9.17, 15) is 32.7 Å². The van der Waals surface area contributed by atoms with Crippen LogP contribution in [0.3, 0.4) is 0 Å². The van der Waals surface area contributed by atoms with Gasteiger partial charge in [-0.05, 0) is 60.4 Å². The van der Waals surface area contributed by atoms with Gasteiger partial charge in [0.1, 0.15) is 6.04 Å². The summed E-state index contributed by atoms with van der Waals surface area (Å²) in [5.41, 5.74) is 3.30. The first-order valence-electron chi connectivity index (χ1n) is 14.8. The summed E-state index contributed by atoms with van der Waals surface area (Å²) in [6.45, 7) is 1.22. The number of amides is 3. The monoisotopic (exact) mass is 657 g/mol. The van der Waals surface area contributed by atoms with Gasteiger partial charge in [-0.15, -0.1) is 11.8 Å². The van der Waals surface area contributed by atoms with Gasteiger partial charge in [-0.2, -0.15) is 13.2 Å². The predicted molar refractivity (Wildman–Crippen MR) is 166 cm³/mol. The van der Waals surface area contributed by atoms with Crippen molar-refractivity contribution in [2.24, 2.45) is 0 Å². The number of hydrogen-bond donors (Lipinski definition) is 3. The summed E-state index contributed by atoms with van der Waals surface area (Å²) in [5.74, 6) is -2.28. The van der Waals surface area contributed by atoms with Crippen molar-refractivity contribution in [3.8, 4) is 0 Å². The number of nitrogens with one attached hydrogen (secondary N) is 2. The molecule has 3 aromatic carbocycles. The van der Waals surface area contributed by atoms with E-state index in [1.54, 1.807) is 36.0 Å². The number of nitrogens with zero attached hydrogens (tertiary/aromatic N) is 1. The van der Waals surface area contributed by atoms with Crippen molar-refractivity contribution in [1.29, 1.82) is 0 Å². The van der Waals surface area contributed by atoms with Crippen LogP contribution >= 0.6 is 11.8 Å². The van der Waals surface area contributed by atoms with E-state index in [1.165, 1.54) is 6.92 Å². The van der Waals surface area contributed by atoms with Crippen LogP contribution in [0.5, 0.6) is 0 Å². The van der Waals surface area contributed by atoms with Gasteiger partial charge in [-0.1, -0.05) is 36.4 Å². The SMILES string of the molecule is CC(=O)Nc1ccc(SCC2CC(c3ccc(CO)cc3)OC(c3cccc(NC(=O)C4CCCN4C(=O)C(F)(F)F)c3)O2)cc1. The molecule has 2 fully saturated rings. The first kappa shape index (κ1) is 33.5. The molecule has 2 aliphatic rings. The maximum absolute atomic E-state index is 13.1. The molecule has 0 bridgehead atoms. The molecular weight excluding hydrogens is 623 g/mol. The Labute approximate surface area is 268 Å². The summed E-state index contributed by atoms with van der Waals surface area (Å²) in [7, 11) is 0. The minimum Gasteiger partial charge on any atom is -0.392 e. The second-order valence-corrected chi connectivity index (χ2v) is 12.2. The molecule has 5 rings (SSSR count). The van der Waals surface area contributed by atoms with Gasteiger partial charge in [0.05, 0.1) is 18.8 Å². The van der Waals surface area contributed by atoms with Crippen molar-refractivity contribution >= 4 is 40.9 Å². The van der Waals surface area contributed by atoms with Crippen molar-refractivity contribution in [3.05, 3.63) is 89.5 Å². The zero-order chi connectivity index (χ0) is 32.8. The Balaban J connectivity index is 1.31. The molecule has 13 heteroatoms. The van der Waals surface area contributed by atoms with E-state index < -0.39 is 30.3 Å². The lowest BCUT2D eigenvalue weighted by atomic mass is 10.0. The minimum atomic E-state index is -5.06. The minimum absolute atomic E-state index is 0.0843. The number of halogens is 3. The molecule has 0 radical (unpaired) electrons. The molecular formula is C33H34F3N3O6S. The average Bonchev–Trinajstić information content (AvgIpc) is 3.54. The molecule has 0 spiro atoms. The Morgan fingerprint density at radius 1 is 0.957 bits per heavy atom. The highest BCUT2D eigenvalue weighted by Gasteiger charge is 2.47. The molecule has 4 atom stereocenters. The smallest absolute Gasteiger partial charge is 0.392 e. The van der Waals surface area contributed by atoms with E-state index in [0.29, 0.717) is 40.4 Å². The molecule has 0 aromatic heterocycles. The zero-order valence-corrected chi connectivity index (χ0v) is 25.8. The van der Waals surface area contributed by atoms with Crippen LogP contribution in [0.2, 0.25) is 0 Å². The van der Waals surface area contributed by atoms with Crippen LogP contribution in [0, 0.1) is 0 Å². The molecule has 3 amide bonds. The lowest BCUT2D eigenvalue weighted by molar-refractivity contribution is -0.245. The number of carbonyl (C=O) groups is 3. The van der Waals surface area contributed by atoms with Crippen molar-refractivity contribution in [1.82, 2.24) is 4.90 Å². The van der Waals surface area contributed by atoms with Crippen molar-refractivity contribution in [2.45, 2.75) is 68.4 Å². The van der Waals surface area contributed by atoms with Crippen LogP contribution in [-0.4, -0.2) is 58.3 Å². The number of likely N-dealkylation sites (tertiary alicyclic amines) is 1. The third-order valence-electron chi connectivity index (χ3n) is 7.71. The van der Waals surface area contributed by atoms with Gasteiger partial charge in [0.15, 0.2) is 6.29 Å². The number of ether oxygens (including phenoxy) is 2. The summed E-state index contributed by atoms with van der Waals surface area (Å²) < 4.78 is 52.0. The van der Waals surface area contributed by atoms with Crippen molar-refractivity contribution in [3.63, 3.8) is 0 Å². The molecule has 3 aromatic rings. The van der Waals surface area contributed by atoms with E-state index in [2.05, 4.69) is 10.6 Å². The molecule has 2 heterocycles. The fourth-order valence-corrected chi connectivity index (χ4v) is 6.41. The third-order valence-corrected chi connectivity index (χ3v) is 8.85. The highest BCUT2D eigenvalue weighted by atomic mass is 32.2. The summed E-state index contributed by atoms with van der Waals surface area (Å²) in [6, 6.07) is 20.4. The van der Waals surface area contributed by atoms with Crippen molar-refractivity contribution < 1.29 is 42.1 Å². The fourth-order valence-electron chi connectivity index (χ4n) is 5.48. The molecule has 244 valence electrons. The summed E-state index contributed by atoms with van der Waals surface area (Å²) in [5, 5.41) is 14.9. The molecule has 46 heavy (non-hydrogen) atoms. The lowest BCUT2D eigenvalue weighted by Crippen LogP contribution is -2.48. The van der Waals surface area contributed by atoms with Crippen LogP contribution in [0.25, 0.3) is 0 Å². The van der Waals surface area contributed by atoms with Gasteiger partial charge in [0.2, 0.25) is 11.8 Å².